The molecule has 0 unspecified atom stereocenters. The van der Waals surface area contributed by atoms with Crippen molar-refractivity contribution < 1.29 is 4.79 Å². The average molecular weight is 260 g/mol. The lowest BCUT2D eigenvalue weighted by molar-refractivity contribution is -0.120. The number of carbonyl (C=O) groups excluding carboxylic acids is 1. The highest BCUT2D eigenvalue weighted by Gasteiger charge is 2.18. The lowest BCUT2D eigenvalue weighted by Crippen LogP contribution is -2.29. The van der Waals surface area contributed by atoms with E-state index >= 15 is 0 Å². The Morgan fingerprint density at radius 2 is 2.32 bits per heavy atom. The van der Waals surface area contributed by atoms with Crippen molar-refractivity contribution >= 4 is 23.2 Å². The molecule has 0 atom stereocenters. The number of anilines is 2. The van der Waals surface area contributed by atoms with Crippen LogP contribution in [0.25, 0.3) is 5.65 Å². The van der Waals surface area contributed by atoms with E-state index in [2.05, 4.69) is 25.5 Å². The Kier molecular flexibility index (Phi) is 2.94. The number of nitrogens with zero attached hydrogens (tertiary/aromatic N) is 4. The highest BCUT2D eigenvalue weighted by molar-refractivity contribution is 5.78. The van der Waals surface area contributed by atoms with Crippen molar-refractivity contribution in [2.75, 3.05) is 36.9 Å². The molecule has 0 aromatic carbocycles. The molecule has 7 nitrogen and oxygen atoms in total. The summed E-state index contributed by atoms with van der Waals surface area (Å²) in [4.78, 5) is 22.4. The Bertz CT molecular complexity index is 607. The van der Waals surface area contributed by atoms with Gasteiger partial charge in [-0.25, -0.2) is 9.97 Å². The largest absolute Gasteiger partial charge is 0.372 e. The Morgan fingerprint density at radius 3 is 3.16 bits per heavy atom. The summed E-state index contributed by atoms with van der Waals surface area (Å²) >= 11 is 0. The van der Waals surface area contributed by atoms with Crippen LogP contribution in [0, 0.1) is 0 Å². The number of aromatic nitrogens is 3. The smallest absolute Gasteiger partial charge is 0.221 e. The number of amides is 1. The molecule has 3 heterocycles. The topological polar surface area (TPSA) is 74.6 Å². The fraction of sp³-hybridized carbons (Fsp3) is 0.417. The van der Waals surface area contributed by atoms with E-state index in [1.54, 1.807) is 6.20 Å². The third-order valence-electron chi connectivity index (χ3n) is 3.22. The predicted octanol–water partition coefficient (Wildman–Crippen LogP) is 0.0973. The average Bonchev–Trinajstić information content (AvgIpc) is 2.79. The Hall–Kier alpha value is -2.31. The molecule has 2 aromatic heterocycles. The second-order valence-corrected chi connectivity index (χ2v) is 4.44. The third-order valence-corrected chi connectivity index (χ3v) is 3.22. The van der Waals surface area contributed by atoms with Gasteiger partial charge < -0.3 is 19.9 Å². The highest BCUT2D eigenvalue weighted by atomic mass is 16.1. The summed E-state index contributed by atoms with van der Waals surface area (Å²) in [5, 5.41) is 5.91. The zero-order valence-electron chi connectivity index (χ0n) is 10.8. The summed E-state index contributed by atoms with van der Waals surface area (Å²) in [5.74, 6) is 1.68. The molecule has 1 aliphatic rings. The van der Waals surface area contributed by atoms with Crippen LogP contribution in [-0.2, 0) is 4.79 Å². The molecular formula is C12H16N6O. The first-order valence-corrected chi connectivity index (χ1v) is 6.31. The number of carbonyl (C=O) groups is 1. The maximum Gasteiger partial charge on any atom is 0.221 e. The number of rotatable bonds is 2. The molecule has 2 aromatic rings. The molecule has 0 saturated carbocycles. The van der Waals surface area contributed by atoms with Gasteiger partial charge in [0, 0.05) is 45.5 Å². The molecule has 2 N–H and O–H groups in total. The minimum absolute atomic E-state index is 0.0895. The van der Waals surface area contributed by atoms with Gasteiger partial charge in [0.15, 0.2) is 11.5 Å². The van der Waals surface area contributed by atoms with Crippen LogP contribution in [0.5, 0.6) is 0 Å². The molecule has 0 aliphatic carbocycles. The first-order chi connectivity index (χ1) is 9.28. The number of nitrogens with one attached hydrogen (secondary N) is 2. The molecule has 19 heavy (non-hydrogen) atoms. The van der Waals surface area contributed by atoms with Gasteiger partial charge in [-0.05, 0) is 0 Å². The van der Waals surface area contributed by atoms with E-state index in [1.165, 1.54) is 0 Å². The Balaban J connectivity index is 2.02. The molecule has 0 spiro atoms. The normalized spacial score (nSPS) is 16.3. The monoisotopic (exact) mass is 260 g/mol. The Morgan fingerprint density at radius 1 is 1.42 bits per heavy atom. The van der Waals surface area contributed by atoms with Crippen molar-refractivity contribution in [3.8, 4) is 0 Å². The molecule has 3 rings (SSSR count). The van der Waals surface area contributed by atoms with Crippen molar-refractivity contribution in [3.63, 3.8) is 0 Å². The summed E-state index contributed by atoms with van der Waals surface area (Å²) in [6.45, 7) is 2.04. The fourth-order valence-electron chi connectivity index (χ4n) is 2.23. The van der Waals surface area contributed by atoms with Crippen molar-refractivity contribution in [2.24, 2.45) is 0 Å². The number of hydrogen-bond acceptors (Lipinski definition) is 5. The molecule has 1 amide bonds. The van der Waals surface area contributed by atoms with E-state index < -0.39 is 0 Å². The van der Waals surface area contributed by atoms with Gasteiger partial charge in [0.1, 0.15) is 5.82 Å². The minimum Gasteiger partial charge on any atom is -0.372 e. The summed E-state index contributed by atoms with van der Waals surface area (Å²) in [6, 6.07) is 0. The molecule has 1 aliphatic heterocycles. The SMILES string of the molecule is CNc1cn2ccnc2c(N2CCNC(=O)CC2)n1. The minimum atomic E-state index is 0.0895. The van der Waals surface area contributed by atoms with Gasteiger partial charge in [0.05, 0.1) is 6.20 Å². The third kappa shape index (κ3) is 2.18. The van der Waals surface area contributed by atoms with E-state index in [0.717, 1.165) is 23.8 Å². The van der Waals surface area contributed by atoms with Crippen LogP contribution in [0.15, 0.2) is 18.6 Å². The summed E-state index contributed by atoms with van der Waals surface area (Å²) in [6.07, 6.45) is 6.02. The number of fused-ring (bicyclic) bond motifs is 1. The lowest BCUT2D eigenvalue weighted by atomic mass is 10.3. The van der Waals surface area contributed by atoms with Crippen LogP contribution in [-0.4, -0.2) is 47.0 Å². The maximum absolute atomic E-state index is 11.4. The zero-order chi connectivity index (χ0) is 13.2. The van der Waals surface area contributed by atoms with Gasteiger partial charge in [-0.1, -0.05) is 0 Å². The van der Waals surface area contributed by atoms with E-state index in [1.807, 2.05) is 23.8 Å². The van der Waals surface area contributed by atoms with Crippen LogP contribution < -0.4 is 15.5 Å². The summed E-state index contributed by atoms with van der Waals surface area (Å²) < 4.78 is 1.94. The predicted molar refractivity (Wildman–Crippen MR) is 72.4 cm³/mol. The lowest BCUT2D eigenvalue weighted by Gasteiger charge is -2.21. The first kappa shape index (κ1) is 11.8. The highest BCUT2D eigenvalue weighted by Crippen LogP contribution is 2.21. The van der Waals surface area contributed by atoms with E-state index in [0.29, 0.717) is 19.5 Å². The van der Waals surface area contributed by atoms with E-state index in [9.17, 15) is 4.79 Å². The van der Waals surface area contributed by atoms with Crippen LogP contribution >= 0.6 is 0 Å². The van der Waals surface area contributed by atoms with Crippen molar-refractivity contribution in [1.82, 2.24) is 19.7 Å². The molecule has 1 saturated heterocycles. The fourth-order valence-corrected chi connectivity index (χ4v) is 2.23. The standard InChI is InChI=1S/C12H16N6O/c1-13-9-8-18-7-4-15-11(18)12(16-9)17-5-2-10(19)14-3-6-17/h4,7-8,13H,2-3,5-6H2,1H3,(H,14,19). The van der Waals surface area contributed by atoms with Crippen LogP contribution in [0.4, 0.5) is 11.6 Å². The van der Waals surface area contributed by atoms with Crippen LogP contribution in [0.2, 0.25) is 0 Å². The van der Waals surface area contributed by atoms with Gasteiger partial charge in [-0.15, -0.1) is 0 Å². The second-order valence-electron chi connectivity index (χ2n) is 4.44. The zero-order valence-corrected chi connectivity index (χ0v) is 10.8. The quantitative estimate of drug-likeness (QED) is 0.801. The van der Waals surface area contributed by atoms with Gasteiger partial charge >= 0.3 is 0 Å². The van der Waals surface area contributed by atoms with Gasteiger partial charge in [0.2, 0.25) is 5.91 Å². The Labute approximate surface area is 110 Å². The van der Waals surface area contributed by atoms with E-state index in [-0.39, 0.29) is 5.91 Å². The van der Waals surface area contributed by atoms with Gasteiger partial charge in [-0.2, -0.15) is 0 Å². The number of hydrogen-bond donors (Lipinski definition) is 2. The summed E-state index contributed by atoms with van der Waals surface area (Å²) in [5.41, 5.74) is 0.813. The van der Waals surface area contributed by atoms with Gasteiger partial charge in [0.25, 0.3) is 0 Å². The first-order valence-electron chi connectivity index (χ1n) is 6.31. The van der Waals surface area contributed by atoms with Crippen molar-refractivity contribution in [1.29, 1.82) is 0 Å². The maximum atomic E-state index is 11.4. The molecule has 100 valence electrons. The van der Waals surface area contributed by atoms with E-state index in [4.69, 9.17) is 0 Å². The van der Waals surface area contributed by atoms with Crippen molar-refractivity contribution in [3.05, 3.63) is 18.6 Å². The summed E-state index contributed by atoms with van der Waals surface area (Å²) in [7, 11) is 1.84. The molecule has 7 heteroatoms. The van der Waals surface area contributed by atoms with Crippen LogP contribution in [0.3, 0.4) is 0 Å². The molecule has 1 fully saturated rings. The van der Waals surface area contributed by atoms with Crippen molar-refractivity contribution in [2.45, 2.75) is 6.42 Å². The molecule has 0 radical (unpaired) electrons. The number of imidazole rings is 1. The second kappa shape index (κ2) is 4.75. The van der Waals surface area contributed by atoms with Gasteiger partial charge in [-0.3, -0.25) is 4.79 Å². The molecule has 0 bridgehead atoms. The van der Waals surface area contributed by atoms with Crippen LogP contribution in [0.1, 0.15) is 6.42 Å². The molecular weight excluding hydrogens is 244 g/mol.